The van der Waals surface area contributed by atoms with Gasteiger partial charge in [-0.05, 0) is 38.3 Å². The van der Waals surface area contributed by atoms with Crippen LogP contribution < -0.4 is 11.1 Å². The lowest BCUT2D eigenvalue weighted by Crippen LogP contribution is -2.32. The van der Waals surface area contributed by atoms with Gasteiger partial charge in [0.15, 0.2) is 5.65 Å². The number of hydrogen-bond donors (Lipinski definition) is 4. The number of rotatable bonds is 4. The van der Waals surface area contributed by atoms with Crippen LogP contribution in [0, 0.1) is 0 Å². The lowest BCUT2D eigenvalue weighted by Gasteiger charge is -2.19. The van der Waals surface area contributed by atoms with Gasteiger partial charge >= 0.3 is 6.18 Å². The quantitative estimate of drug-likeness (QED) is 0.366. The van der Waals surface area contributed by atoms with Gasteiger partial charge in [0.1, 0.15) is 24.1 Å². The first-order valence-electron chi connectivity index (χ1n) is 9.55. The van der Waals surface area contributed by atoms with Crippen molar-refractivity contribution in [2.24, 2.45) is 0 Å². The summed E-state index contributed by atoms with van der Waals surface area (Å²) in [4.78, 5) is 11.4. The van der Waals surface area contributed by atoms with Gasteiger partial charge in [0, 0.05) is 11.1 Å². The van der Waals surface area contributed by atoms with E-state index in [1.54, 1.807) is 22.9 Å². The number of nitrogens with zero attached hydrogens (tertiary/aromatic N) is 4. The summed E-state index contributed by atoms with van der Waals surface area (Å²) in [5.74, 6) is 0.301. The second kappa shape index (κ2) is 7.20. The molecule has 31 heavy (non-hydrogen) atoms. The molecule has 0 radical (unpaired) electrons. The minimum atomic E-state index is -4.42. The molecule has 164 valence electrons. The Morgan fingerprint density at radius 2 is 1.94 bits per heavy atom. The zero-order valence-corrected chi connectivity index (χ0v) is 17.1. The summed E-state index contributed by atoms with van der Waals surface area (Å²) in [6.07, 6.45) is -4.52. The molecule has 11 heteroatoms. The standard InChI is InChI=1S/C20H22F3N7O/c1-19(2,3)30-17-14(16(24)26-9-27-17)15(29-30)11-5-4-10-6-13(28-12(10)7-11)18(31)25-8-20(21,22)23/h4-7,9,18,25,28,31H,8H2,1-3H3,(H2,24,26,27). The summed E-state index contributed by atoms with van der Waals surface area (Å²) < 4.78 is 39.0. The molecule has 0 aliphatic rings. The minimum absolute atomic E-state index is 0.226. The first kappa shape index (κ1) is 21.1. The van der Waals surface area contributed by atoms with Crippen molar-refractivity contribution in [2.75, 3.05) is 12.3 Å². The van der Waals surface area contributed by atoms with E-state index >= 15 is 0 Å². The maximum atomic E-state index is 12.4. The first-order valence-corrected chi connectivity index (χ1v) is 9.55. The van der Waals surface area contributed by atoms with Crippen molar-refractivity contribution in [3.63, 3.8) is 0 Å². The van der Waals surface area contributed by atoms with Crippen LogP contribution >= 0.6 is 0 Å². The molecule has 3 heterocycles. The molecule has 0 amide bonds. The number of alkyl halides is 3. The van der Waals surface area contributed by atoms with Crippen LogP contribution in [0.2, 0.25) is 0 Å². The van der Waals surface area contributed by atoms with Crippen LogP contribution in [0.15, 0.2) is 30.6 Å². The van der Waals surface area contributed by atoms with Crippen molar-refractivity contribution in [3.8, 4) is 11.3 Å². The molecular weight excluding hydrogens is 411 g/mol. The second-order valence-corrected chi connectivity index (χ2v) is 8.31. The van der Waals surface area contributed by atoms with Crippen LogP contribution in [0.1, 0.15) is 32.7 Å². The van der Waals surface area contributed by atoms with Gasteiger partial charge in [0.2, 0.25) is 0 Å². The molecule has 3 aromatic heterocycles. The topological polar surface area (TPSA) is 118 Å². The van der Waals surface area contributed by atoms with Crippen LogP contribution in [-0.4, -0.2) is 42.6 Å². The van der Waals surface area contributed by atoms with Crippen LogP contribution in [0.4, 0.5) is 19.0 Å². The Bertz CT molecular complexity index is 1250. The van der Waals surface area contributed by atoms with E-state index in [9.17, 15) is 18.3 Å². The maximum absolute atomic E-state index is 12.4. The molecule has 0 saturated carbocycles. The highest BCUT2D eigenvalue weighted by atomic mass is 19.4. The van der Waals surface area contributed by atoms with Crippen molar-refractivity contribution in [1.82, 2.24) is 30.0 Å². The number of nitrogens with one attached hydrogen (secondary N) is 2. The number of aromatic nitrogens is 5. The molecule has 0 aliphatic heterocycles. The number of aliphatic hydroxyl groups is 1. The molecule has 1 unspecified atom stereocenters. The largest absolute Gasteiger partial charge is 0.401 e. The van der Waals surface area contributed by atoms with E-state index in [-0.39, 0.29) is 11.2 Å². The van der Waals surface area contributed by atoms with Gasteiger partial charge in [-0.25, -0.2) is 14.6 Å². The highest BCUT2D eigenvalue weighted by Gasteiger charge is 2.28. The van der Waals surface area contributed by atoms with Crippen molar-refractivity contribution < 1.29 is 18.3 Å². The van der Waals surface area contributed by atoms with E-state index in [1.807, 2.05) is 32.2 Å². The van der Waals surface area contributed by atoms with Crippen molar-refractivity contribution in [1.29, 1.82) is 0 Å². The Kier molecular flexibility index (Phi) is 4.90. The summed E-state index contributed by atoms with van der Waals surface area (Å²) in [7, 11) is 0. The molecule has 0 saturated heterocycles. The first-order chi connectivity index (χ1) is 14.4. The average molecular weight is 433 g/mol. The molecule has 0 bridgehead atoms. The predicted molar refractivity (Wildman–Crippen MR) is 111 cm³/mol. The van der Waals surface area contributed by atoms with E-state index < -0.39 is 18.9 Å². The van der Waals surface area contributed by atoms with E-state index in [0.717, 1.165) is 10.9 Å². The number of hydrogen-bond acceptors (Lipinski definition) is 6. The minimum Gasteiger partial charge on any atom is -0.383 e. The van der Waals surface area contributed by atoms with Gasteiger partial charge in [-0.1, -0.05) is 12.1 Å². The summed E-state index contributed by atoms with van der Waals surface area (Å²) in [5, 5.41) is 18.2. The van der Waals surface area contributed by atoms with Gasteiger partial charge in [0.05, 0.1) is 23.2 Å². The Morgan fingerprint density at radius 1 is 1.19 bits per heavy atom. The molecule has 4 rings (SSSR count). The molecule has 4 aromatic rings. The molecule has 0 spiro atoms. The molecule has 0 aliphatic carbocycles. The molecular formula is C20H22F3N7O. The maximum Gasteiger partial charge on any atom is 0.401 e. The van der Waals surface area contributed by atoms with E-state index in [4.69, 9.17) is 10.8 Å². The van der Waals surface area contributed by atoms with Crippen molar-refractivity contribution in [3.05, 3.63) is 36.3 Å². The van der Waals surface area contributed by atoms with Gasteiger partial charge in [-0.3, -0.25) is 5.32 Å². The fraction of sp³-hybridized carbons (Fsp3) is 0.350. The van der Waals surface area contributed by atoms with E-state index in [1.165, 1.54) is 6.33 Å². The van der Waals surface area contributed by atoms with Crippen LogP contribution in [-0.2, 0) is 5.54 Å². The Morgan fingerprint density at radius 3 is 2.61 bits per heavy atom. The third-order valence-corrected chi connectivity index (χ3v) is 4.84. The molecule has 1 atom stereocenters. The lowest BCUT2D eigenvalue weighted by molar-refractivity contribution is -0.131. The summed E-state index contributed by atoms with van der Waals surface area (Å²) >= 11 is 0. The number of nitrogens with two attached hydrogens (primary N) is 1. The number of H-pyrrole nitrogens is 1. The number of benzene rings is 1. The Balaban J connectivity index is 1.77. The number of fused-ring (bicyclic) bond motifs is 2. The van der Waals surface area contributed by atoms with Gasteiger partial charge in [0.25, 0.3) is 0 Å². The zero-order valence-electron chi connectivity index (χ0n) is 17.1. The van der Waals surface area contributed by atoms with Crippen LogP contribution in [0.3, 0.4) is 0 Å². The molecule has 1 aromatic carbocycles. The molecule has 0 fully saturated rings. The highest BCUT2D eigenvalue weighted by molar-refractivity contribution is 6.00. The summed E-state index contributed by atoms with van der Waals surface area (Å²) in [6.45, 7) is 4.69. The number of aromatic amines is 1. The van der Waals surface area contributed by atoms with E-state index in [0.29, 0.717) is 28.1 Å². The van der Waals surface area contributed by atoms with Crippen LogP contribution in [0.5, 0.6) is 0 Å². The second-order valence-electron chi connectivity index (χ2n) is 8.31. The fourth-order valence-electron chi connectivity index (χ4n) is 3.41. The normalized spacial score (nSPS) is 13.9. The average Bonchev–Trinajstić information content (AvgIpc) is 3.27. The zero-order chi connectivity index (χ0) is 22.6. The summed E-state index contributed by atoms with van der Waals surface area (Å²) in [6, 6.07) is 7.02. The summed E-state index contributed by atoms with van der Waals surface area (Å²) in [5.41, 5.74) is 8.57. The van der Waals surface area contributed by atoms with Gasteiger partial charge < -0.3 is 15.8 Å². The SMILES string of the molecule is CC(C)(C)n1nc(-c2ccc3cc(C(O)NCC(F)(F)F)[nH]c3c2)c2c(N)ncnc21. The highest BCUT2D eigenvalue weighted by Crippen LogP contribution is 2.34. The van der Waals surface area contributed by atoms with Crippen LogP contribution in [0.25, 0.3) is 33.2 Å². The Hall–Kier alpha value is -3.18. The van der Waals surface area contributed by atoms with Crippen molar-refractivity contribution >= 4 is 27.8 Å². The third kappa shape index (κ3) is 4.06. The number of aliphatic hydroxyl groups excluding tert-OH is 1. The number of nitrogen functional groups attached to an aromatic ring is 1. The van der Waals surface area contributed by atoms with Gasteiger partial charge in [-0.15, -0.1) is 0 Å². The van der Waals surface area contributed by atoms with Gasteiger partial charge in [-0.2, -0.15) is 18.3 Å². The monoisotopic (exact) mass is 433 g/mol. The molecule has 5 N–H and O–H groups in total. The smallest absolute Gasteiger partial charge is 0.383 e. The number of halogens is 3. The van der Waals surface area contributed by atoms with E-state index in [2.05, 4.69) is 15.0 Å². The Labute approximate surface area is 175 Å². The third-order valence-electron chi connectivity index (χ3n) is 4.84. The fourth-order valence-corrected chi connectivity index (χ4v) is 3.41. The predicted octanol–water partition coefficient (Wildman–Crippen LogP) is 3.45. The lowest BCUT2D eigenvalue weighted by atomic mass is 10.1. The van der Waals surface area contributed by atoms with Crippen molar-refractivity contribution in [2.45, 2.75) is 38.7 Å². The number of anilines is 1. The molecule has 8 nitrogen and oxygen atoms in total.